The van der Waals surface area contributed by atoms with Gasteiger partial charge < -0.3 is 14.9 Å². The largest absolute Gasteiger partial charge is 0.494 e. The molecular formula is C23H29NO6S2. The Kier molecular flexibility index (Phi) is 10.7. The van der Waals surface area contributed by atoms with Gasteiger partial charge in [0.1, 0.15) is 16.1 Å². The molecule has 1 heterocycles. The lowest BCUT2D eigenvalue weighted by Gasteiger charge is -2.22. The molecule has 0 radical (unpaired) electrons. The van der Waals surface area contributed by atoms with Gasteiger partial charge >= 0.3 is 11.9 Å². The topological polar surface area (TPSA) is 104 Å². The molecule has 0 spiro atoms. The number of thioether (sulfide) groups is 1. The van der Waals surface area contributed by atoms with Crippen molar-refractivity contribution in [2.45, 2.75) is 64.3 Å². The standard InChI is InChI=1S/C23H29NO6S2/c1-2-3-4-5-6-7-14-30-17-10-8-16(9-11-17)15-19-21(27)24(23(31)32-19)18(22(28)29)12-13-20(25)26/h8-11,15,18H,2-7,12-14H2,1H3,(H,25,26)(H,28,29)/b19-15-/t18-/m1/s1. The van der Waals surface area contributed by atoms with Gasteiger partial charge in [0.05, 0.1) is 11.5 Å². The number of carbonyl (C=O) groups excluding carboxylic acids is 1. The Morgan fingerprint density at radius 1 is 1.12 bits per heavy atom. The van der Waals surface area contributed by atoms with Crippen molar-refractivity contribution in [1.29, 1.82) is 0 Å². The fraction of sp³-hybridized carbons (Fsp3) is 0.478. The number of nitrogens with zero attached hydrogens (tertiary/aromatic N) is 1. The molecule has 0 saturated carbocycles. The van der Waals surface area contributed by atoms with Crippen LogP contribution in [0.1, 0.15) is 63.9 Å². The molecule has 9 heteroatoms. The number of unbranched alkanes of at least 4 members (excludes halogenated alkanes) is 5. The minimum Gasteiger partial charge on any atom is -0.494 e. The molecule has 174 valence electrons. The van der Waals surface area contributed by atoms with E-state index in [0.29, 0.717) is 11.5 Å². The molecule has 1 aliphatic heterocycles. The quantitative estimate of drug-likeness (QED) is 0.220. The minimum absolute atomic E-state index is 0.109. The highest BCUT2D eigenvalue weighted by Crippen LogP contribution is 2.35. The number of carboxylic acid groups (broad SMARTS) is 2. The van der Waals surface area contributed by atoms with E-state index in [1.807, 2.05) is 24.3 Å². The molecule has 1 amide bonds. The highest BCUT2D eigenvalue weighted by Gasteiger charge is 2.40. The molecule has 2 rings (SSSR count). The van der Waals surface area contributed by atoms with Crippen LogP contribution in [-0.2, 0) is 14.4 Å². The van der Waals surface area contributed by atoms with E-state index in [9.17, 15) is 19.5 Å². The van der Waals surface area contributed by atoms with Crippen LogP contribution < -0.4 is 4.74 Å². The van der Waals surface area contributed by atoms with Crippen molar-refractivity contribution in [3.63, 3.8) is 0 Å². The zero-order chi connectivity index (χ0) is 23.5. The van der Waals surface area contributed by atoms with Crippen molar-refractivity contribution in [3.8, 4) is 5.75 Å². The average Bonchev–Trinajstić information content (AvgIpc) is 3.02. The Bertz CT molecular complexity index is 853. The first kappa shape index (κ1) is 25.9. The molecule has 0 aliphatic carbocycles. The van der Waals surface area contributed by atoms with Crippen LogP contribution in [0, 0.1) is 0 Å². The molecule has 7 nitrogen and oxygen atoms in total. The number of hydrogen-bond donors (Lipinski definition) is 2. The highest BCUT2D eigenvalue weighted by atomic mass is 32.2. The van der Waals surface area contributed by atoms with Crippen molar-refractivity contribution in [2.75, 3.05) is 6.61 Å². The van der Waals surface area contributed by atoms with Gasteiger partial charge in [0.15, 0.2) is 0 Å². The van der Waals surface area contributed by atoms with E-state index < -0.39 is 23.9 Å². The summed E-state index contributed by atoms with van der Waals surface area (Å²) >= 11 is 6.21. The Labute approximate surface area is 197 Å². The summed E-state index contributed by atoms with van der Waals surface area (Å²) in [6.45, 7) is 2.86. The van der Waals surface area contributed by atoms with Crippen LogP contribution in [0.15, 0.2) is 29.2 Å². The third-order valence-corrected chi connectivity index (χ3v) is 6.33. The first-order valence-electron chi connectivity index (χ1n) is 10.8. The summed E-state index contributed by atoms with van der Waals surface area (Å²) in [5.74, 6) is -2.18. The second-order valence-corrected chi connectivity index (χ2v) is 9.20. The number of ether oxygens (including phenoxy) is 1. The Hall–Kier alpha value is -2.39. The van der Waals surface area contributed by atoms with E-state index in [1.165, 1.54) is 25.7 Å². The number of amides is 1. The Morgan fingerprint density at radius 2 is 1.78 bits per heavy atom. The molecule has 1 aromatic carbocycles. The van der Waals surface area contributed by atoms with Gasteiger partial charge in [-0.1, -0.05) is 75.1 Å². The van der Waals surface area contributed by atoms with E-state index >= 15 is 0 Å². The molecule has 1 aliphatic rings. The van der Waals surface area contributed by atoms with Gasteiger partial charge in [-0.15, -0.1) is 0 Å². The third kappa shape index (κ3) is 7.94. The summed E-state index contributed by atoms with van der Waals surface area (Å²) in [7, 11) is 0. The van der Waals surface area contributed by atoms with Gasteiger partial charge in [-0.05, 0) is 36.6 Å². The number of rotatable bonds is 14. The molecule has 1 atom stereocenters. The van der Waals surface area contributed by atoms with Crippen LogP contribution in [-0.4, -0.2) is 49.9 Å². The predicted octanol–water partition coefficient (Wildman–Crippen LogP) is 4.95. The average molecular weight is 480 g/mol. The summed E-state index contributed by atoms with van der Waals surface area (Å²) < 4.78 is 5.87. The smallest absolute Gasteiger partial charge is 0.326 e. The summed E-state index contributed by atoms with van der Waals surface area (Å²) in [6, 6.07) is 6.00. The van der Waals surface area contributed by atoms with Crippen molar-refractivity contribution >= 4 is 52.2 Å². The van der Waals surface area contributed by atoms with Gasteiger partial charge in [-0.3, -0.25) is 14.5 Å². The van der Waals surface area contributed by atoms with Crippen molar-refractivity contribution in [2.24, 2.45) is 0 Å². The first-order valence-corrected chi connectivity index (χ1v) is 12.0. The Morgan fingerprint density at radius 3 is 2.41 bits per heavy atom. The lowest BCUT2D eigenvalue weighted by atomic mass is 10.1. The van der Waals surface area contributed by atoms with E-state index in [2.05, 4.69) is 6.92 Å². The molecule has 0 unspecified atom stereocenters. The maximum absolute atomic E-state index is 12.8. The number of hydrogen-bond acceptors (Lipinski definition) is 6. The van der Waals surface area contributed by atoms with Crippen LogP contribution in [0.3, 0.4) is 0 Å². The first-order chi connectivity index (χ1) is 15.3. The normalized spacial score (nSPS) is 15.9. The molecule has 1 saturated heterocycles. The zero-order valence-corrected chi connectivity index (χ0v) is 19.8. The van der Waals surface area contributed by atoms with Crippen LogP contribution in [0.5, 0.6) is 5.75 Å². The summed E-state index contributed by atoms with van der Waals surface area (Å²) in [6.07, 6.45) is 8.25. The fourth-order valence-electron chi connectivity index (χ4n) is 3.26. The van der Waals surface area contributed by atoms with Crippen molar-refractivity contribution < 1.29 is 29.3 Å². The van der Waals surface area contributed by atoms with Gasteiger partial charge in [-0.2, -0.15) is 0 Å². The monoisotopic (exact) mass is 479 g/mol. The predicted molar refractivity (Wildman–Crippen MR) is 129 cm³/mol. The molecule has 2 N–H and O–H groups in total. The lowest BCUT2D eigenvalue weighted by molar-refractivity contribution is -0.146. The van der Waals surface area contributed by atoms with Gasteiger partial charge in [-0.25, -0.2) is 4.79 Å². The van der Waals surface area contributed by atoms with Gasteiger partial charge in [0.2, 0.25) is 0 Å². The molecular weight excluding hydrogens is 450 g/mol. The summed E-state index contributed by atoms with van der Waals surface area (Å²) in [5.41, 5.74) is 0.759. The number of carboxylic acids is 2. The second-order valence-electron chi connectivity index (χ2n) is 7.52. The second kappa shape index (κ2) is 13.2. The summed E-state index contributed by atoms with van der Waals surface area (Å²) in [5, 5.41) is 18.3. The molecule has 1 aromatic rings. The van der Waals surface area contributed by atoms with E-state index in [-0.39, 0.29) is 17.2 Å². The van der Waals surface area contributed by atoms with Crippen LogP contribution in [0.25, 0.3) is 6.08 Å². The van der Waals surface area contributed by atoms with Crippen LogP contribution in [0.2, 0.25) is 0 Å². The maximum atomic E-state index is 12.8. The molecule has 0 aromatic heterocycles. The number of carbonyl (C=O) groups is 3. The minimum atomic E-state index is -1.30. The van der Waals surface area contributed by atoms with Gasteiger partial charge in [0.25, 0.3) is 5.91 Å². The third-order valence-electron chi connectivity index (χ3n) is 5.00. The lowest BCUT2D eigenvalue weighted by Crippen LogP contribution is -2.44. The fourth-order valence-corrected chi connectivity index (χ4v) is 4.61. The number of aliphatic carboxylic acids is 2. The SMILES string of the molecule is CCCCCCCCOc1ccc(/C=C2\SC(=S)N([C@H](CCC(=O)O)C(=O)O)C2=O)cc1. The van der Waals surface area contributed by atoms with E-state index in [4.69, 9.17) is 22.1 Å². The summed E-state index contributed by atoms with van der Waals surface area (Å²) in [4.78, 5) is 36.5. The molecule has 32 heavy (non-hydrogen) atoms. The van der Waals surface area contributed by atoms with Crippen molar-refractivity contribution in [1.82, 2.24) is 4.90 Å². The zero-order valence-electron chi connectivity index (χ0n) is 18.1. The number of benzene rings is 1. The highest BCUT2D eigenvalue weighted by molar-refractivity contribution is 8.26. The maximum Gasteiger partial charge on any atom is 0.326 e. The van der Waals surface area contributed by atoms with Gasteiger partial charge in [0, 0.05) is 6.42 Å². The molecule has 0 bridgehead atoms. The van der Waals surface area contributed by atoms with E-state index in [1.54, 1.807) is 6.08 Å². The van der Waals surface area contributed by atoms with E-state index in [0.717, 1.165) is 40.8 Å². The van der Waals surface area contributed by atoms with Crippen molar-refractivity contribution in [3.05, 3.63) is 34.7 Å². The number of thiocarbonyl (C=S) groups is 1. The Balaban J connectivity index is 1.94. The molecule has 1 fully saturated rings. The van der Waals surface area contributed by atoms with Crippen LogP contribution in [0.4, 0.5) is 0 Å². The van der Waals surface area contributed by atoms with Crippen LogP contribution >= 0.6 is 24.0 Å².